The van der Waals surface area contributed by atoms with Crippen molar-refractivity contribution in [1.29, 1.82) is 0 Å². The second-order valence-electron chi connectivity index (χ2n) is 4.26. The molecule has 0 aliphatic heterocycles. The SMILES string of the molecule is Clc1ccc(-c2nnc(NCc3ccccc3)o2)cc1. The number of nitrogens with zero attached hydrogens (tertiary/aromatic N) is 2. The van der Waals surface area contributed by atoms with Crippen LogP contribution in [0.25, 0.3) is 11.5 Å². The van der Waals surface area contributed by atoms with E-state index < -0.39 is 0 Å². The van der Waals surface area contributed by atoms with E-state index in [1.165, 1.54) is 0 Å². The molecule has 5 heteroatoms. The molecular formula is C15H12ClN3O. The molecule has 0 aliphatic carbocycles. The molecule has 0 unspecified atom stereocenters. The molecule has 0 atom stereocenters. The van der Waals surface area contributed by atoms with Crippen molar-refractivity contribution in [2.45, 2.75) is 6.54 Å². The molecule has 0 spiro atoms. The number of halogens is 1. The van der Waals surface area contributed by atoms with Gasteiger partial charge in [-0.2, -0.15) is 0 Å². The molecule has 0 saturated carbocycles. The average molecular weight is 286 g/mol. The first-order chi connectivity index (χ1) is 9.81. The van der Waals surface area contributed by atoms with Gasteiger partial charge >= 0.3 is 6.01 Å². The molecule has 0 amide bonds. The zero-order valence-corrected chi connectivity index (χ0v) is 11.3. The van der Waals surface area contributed by atoms with Gasteiger partial charge in [0.25, 0.3) is 0 Å². The molecule has 2 aromatic carbocycles. The standard InChI is InChI=1S/C15H12ClN3O/c16-13-8-6-12(7-9-13)14-18-19-15(20-14)17-10-11-4-2-1-3-5-11/h1-9H,10H2,(H,17,19). The molecule has 0 aliphatic rings. The lowest BCUT2D eigenvalue weighted by molar-refractivity contribution is 0.581. The third-order valence-electron chi connectivity index (χ3n) is 2.80. The van der Waals surface area contributed by atoms with Gasteiger partial charge in [0.2, 0.25) is 5.89 Å². The maximum atomic E-state index is 5.84. The van der Waals surface area contributed by atoms with E-state index in [2.05, 4.69) is 15.5 Å². The van der Waals surface area contributed by atoms with E-state index in [1.807, 2.05) is 42.5 Å². The molecule has 4 nitrogen and oxygen atoms in total. The van der Waals surface area contributed by atoms with E-state index in [4.69, 9.17) is 16.0 Å². The summed E-state index contributed by atoms with van der Waals surface area (Å²) in [7, 11) is 0. The second kappa shape index (κ2) is 5.75. The molecule has 1 aromatic heterocycles. The molecule has 0 radical (unpaired) electrons. The zero-order chi connectivity index (χ0) is 13.8. The summed E-state index contributed by atoms with van der Waals surface area (Å²) in [5.41, 5.74) is 1.99. The number of benzene rings is 2. The highest BCUT2D eigenvalue weighted by molar-refractivity contribution is 6.30. The van der Waals surface area contributed by atoms with E-state index in [-0.39, 0.29) is 0 Å². The van der Waals surface area contributed by atoms with Crippen LogP contribution in [0.3, 0.4) is 0 Å². The molecular weight excluding hydrogens is 274 g/mol. The summed E-state index contributed by atoms with van der Waals surface area (Å²) < 4.78 is 5.55. The van der Waals surface area contributed by atoms with Gasteiger partial charge in [-0.05, 0) is 29.8 Å². The van der Waals surface area contributed by atoms with Gasteiger partial charge < -0.3 is 9.73 Å². The van der Waals surface area contributed by atoms with Crippen LogP contribution in [0, 0.1) is 0 Å². The maximum Gasteiger partial charge on any atom is 0.316 e. The van der Waals surface area contributed by atoms with Crippen molar-refractivity contribution in [2.24, 2.45) is 0 Å². The van der Waals surface area contributed by atoms with Crippen molar-refractivity contribution in [1.82, 2.24) is 10.2 Å². The summed E-state index contributed by atoms with van der Waals surface area (Å²) in [4.78, 5) is 0. The van der Waals surface area contributed by atoms with Crippen molar-refractivity contribution < 1.29 is 4.42 Å². The summed E-state index contributed by atoms with van der Waals surface area (Å²) in [5.74, 6) is 0.470. The predicted octanol–water partition coefficient (Wildman–Crippen LogP) is 4.00. The van der Waals surface area contributed by atoms with Gasteiger partial charge in [0.05, 0.1) is 0 Å². The minimum Gasteiger partial charge on any atom is -0.403 e. The highest BCUT2D eigenvalue weighted by Crippen LogP contribution is 2.21. The normalized spacial score (nSPS) is 10.4. The fourth-order valence-corrected chi connectivity index (χ4v) is 1.90. The van der Waals surface area contributed by atoms with Crippen LogP contribution in [0.5, 0.6) is 0 Å². The Morgan fingerprint density at radius 3 is 2.45 bits per heavy atom. The van der Waals surface area contributed by atoms with Crippen molar-refractivity contribution in [3.05, 3.63) is 65.2 Å². The topological polar surface area (TPSA) is 51.0 Å². The van der Waals surface area contributed by atoms with Gasteiger partial charge in [-0.15, -0.1) is 5.10 Å². The van der Waals surface area contributed by atoms with Crippen LogP contribution < -0.4 is 5.32 Å². The minimum atomic E-state index is 0.402. The first-order valence-corrected chi connectivity index (χ1v) is 6.56. The Balaban J connectivity index is 1.69. The number of hydrogen-bond donors (Lipinski definition) is 1. The Morgan fingerprint density at radius 1 is 0.950 bits per heavy atom. The van der Waals surface area contributed by atoms with Gasteiger partial charge in [-0.25, -0.2) is 0 Å². The smallest absolute Gasteiger partial charge is 0.316 e. The lowest BCUT2D eigenvalue weighted by atomic mass is 10.2. The number of rotatable bonds is 4. The Kier molecular flexibility index (Phi) is 3.65. The molecule has 0 saturated heterocycles. The monoisotopic (exact) mass is 285 g/mol. The fourth-order valence-electron chi connectivity index (χ4n) is 1.78. The quantitative estimate of drug-likeness (QED) is 0.787. The molecule has 100 valence electrons. The molecule has 0 fully saturated rings. The van der Waals surface area contributed by atoms with E-state index >= 15 is 0 Å². The Bertz CT molecular complexity index is 680. The van der Waals surface area contributed by atoms with Crippen molar-refractivity contribution in [3.63, 3.8) is 0 Å². The fraction of sp³-hybridized carbons (Fsp3) is 0.0667. The van der Waals surface area contributed by atoms with Gasteiger partial charge in [0.15, 0.2) is 0 Å². The third-order valence-corrected chi connectivity index (χ3v) is 3.05. The molecule has 3 rings (SSSR count). The van der Waals surface area contributed by atoms with Crippen LogP contribution in [-0.4, -0.2) is 10.2 Å². The number of nitrogens with one attached hydrogen (secondary N) is 1. The van der Waals surface area contributed by atoms with Crippen molar-refractivity contribution in [3.8, 4) is 11.5 Å². The highest BCUT2D eigenvalue weighted by atomic mass is 35.5. The largest absolute Gasteiger partial charge is 0.403 e. The van der Waals surface area contributed by atoms with Crippen LogP contribution in [0.1, 0.15) is 5.56 Å². The van der Waals surface area contributed by atoms with Crippen molar-refractivity contribution in [2.75, 3.05) is 5.32 Å². The lowest BCUT2D eigenvalue weighted by Crippen LogP contribution is -1.98. The van der Waals surface area contributed by atoms with E-state index in [0.29, 0.717) is 23.5 Å². The lowest BCUT2D eigenvalue weighted by Gasteiger charge is -2.00. The van der Waals surface area contributed by atoms with Crippen LogP contribution >= 0.6 is 11.6 Å². The van der Waals surface area contributed by atoms with Crippen LogP contribution in [0.15, 0.2) is 59.0 Å². The Labute approximate surface area is 121 Å². The third kappa shape index (κ3) is 2.97. The summed E-state index contributed by atoms with van der Waals surface area (Å²) in [6, 6.07) is 17.7. The van der Waals surface area contributed by atoms with E-state index in [0.717, 1.165) is 11.1 Å². The van der Waals surface area contributed by atoms with E-state index in [9.17, 15) is 0 Å². The summed E-state index contributed by atoms with van der Waals surface area (Å²) in [6.45, 7) is 0.642. The molecule has 1 N–H and O–H groups in total. The Hall–Kier alpha value is -2.33. The number of hydrogen-bond acceptors (Lipinski definition) is 4. The number of anilines is 1. The highest BCUT2D eigenvalue weighted by Gasteiger charge is 2.07. The zero-order valence-electron chi connectivity index (χ0n) is 10.6. The van der Waals surface area contributed by atoms with Crippen LogP contribution in [-0.2, 0) is 6.54 Å². The van der Waals surface area contributed by atoms with Gasteiger partial charge in [-0.1, -0.05) is 47.0 Å². The average Bonchev–Trinajstić information content (AvgIpc) is 2.96. The molecule has 3 aromatic rings. The number of aromatic nitrogens is 2. The first kappa shape index (κ1) is 12.7. The minimum absolute atomic E-state index is 0.402. The van der Waals surface area contributed by atoms with Crippen molar-refractivity contribution >= 4 is 17.6 Å². The van der Waals surface area contributed by atoms with Gasteiger partial charge in [0.1, 0.15) is 0 Å². The van der Waals surface area contributed by atoms with Gasteiger partial charge in [-0.3, -0.25) is 0 Å². The first-order valence-electron chi connectivity index (χ1n) is 6.18. The van der Waals surface area contributed by atoms with Crippen LogP contribution in [0.4, 0.5) is 6.01 Å². The predicted molar refractivity (Wildman–Crippen MR) is 78.5 cm³/mol. The molecule has 1 heterocycles. The maximum absolute atomic E-state index is 5.84. The summed E-state index contributed by atoms with van der Waals surface area (Å²) in [5, 5.41) is 11.7. The summed E-state index contributed by atoms with van der Waals surface area (Å²) in [6.07, 6.45) is 0. The Morgan fingerprint density at radius 2 is 1.70 bits per heavy atom. The summed E-state index contributed by atoms with van der Waals surface area (Å²) >= 11 is 5.84. The van der Waals surface area contributed by atoms with Gasteiger partial charge in [0, 0.05) is 17.1 Å². The van der Waals surface area contributed by atoms with E-state index in [1.54, 1.807) is 12.1 Å². The van der Waals surface area contributed by atoms with Crippen LogP contribution in [0.2, 0.25) is 5.02 Å². The molecule has 0 bridgehead atoms. The molecule has 20 heavy (non-hydrogen) atoms. The second-order valence-corrected chi connectivity index (χ2v) is 4.69.